The second kappa shape index (κ2) is 3.02. The van der Waals surface area contributed by atoms with E-state index in [1.165, 1.54) is 25.7 Å². The maximum absolute atomic E-state index is 4.37. The van der Waals surface area contributed by atoms with Crippen molar-refractivity contribution in [2.24, 2.45) is 23.7 Å². The minimum Gasteiger partial charge on any atom is -0.355 e. The van der Waals surface area contributed by atoms with Gasteiger partial charge < -0.3 is 5.73 Å². The fourth-order valence-electron chi connectivity index (χ4n) is 3.43. The number of rotatable bonds is 0. The molecule has 0 spiro atoms. The normalized spacial score (nSPS) is 53.8. The van der Waals surface area contributed by atoms with Crippen LogP contribution in [-0.2, 0) is 0 Å². The Bertz CT molecular complexity index is 166. The molecule has 2 saturated carbocycles. The molecule has 2 aliphatic rings. The SMILES string of the molecule is CC1CC2CCCC2C([NH3+])C1C. The molecule has 0 aromatic rings. The zero-order chi connectivity index (χ0) is 8.72. The molecule has 0 saturated heterocycles. The second-order valence-electron chi connectivity index (χ2n) is 5.09. The van der Waals surface area contributed by atoms with Crippen LogP contribution in [0.1, 0.15) is 39.5 Å². The predicted octanol–water partition coefficient (Wildman–Crippen LogP) is 1.69. The van der Waals surface area contributed by atoms with Gasteiger partial charge in [-0.2, -0.15) is 0 Å². The first-order chi connectivity index (χ1) is 5.70. The minimum atomic E-state index is 0.751. The molecule has 5 atom stereocenters. The molecule has 0 bridgehead atoms. The van der Waals surface area contributed by atoms with Gasteiger partial charge in [0.25, 0.3) is 0 Å². The van der Waals surface area contributed by atoms with Crippen molar-refractivity contribution in [3.05, 3.63) is 0 Å². The molecule has 0 aliphatic heterocycles. The maximum atomic E-state index is 4.37. The van der Waals surface area contributed by atoms with Gasteiger partial charge in [-0.3, -0.25) is 0 Å². The van der Waals surface area contributed by atoms with Crippen LogP contribution in [0.15, 0.2) is 0 Å². The number of hydrogen-bond acceptors (Lipinski definition) is 0. The lowest BCUT2D eigenvalue weighted by atomic mass is 9.68. The summed E-state index contributed by atoms with van der Waals surface area (Å²) in [5, 5.41) is 0. The van der Waals surface area contributed by atoms with Crippen molar-refractivity contribution in [3.63, 3.8) is 0 Å². The summed E-state index contributed by atoms with van der Waals surface area (Å²) in [4.78, 5) is 0. The van der Waals surface area contributed by atoms with Crippen molar-refractivity contribution < 1.29 is 5.73 Å². The summed E-state index contributed by atoms with van der Waals surface area (Å²) in [7, 11) is 0. The van der Waals surface area contributed by atoms with Crippen LogP contribution in [0.25, 0.3) is 0 Å². The fourth-order valence-corrected chi connectivity index (χ4v) is 3.43. The average Bonchev–Trinajstić information content (AvgIpc) is 2.48. The van der Waals surface area contributed by atoms with E-state index in [1.807, 2.05) is 0 Å². The van der Waals surface area contributed by atoms with E-state index in [2.05, 4.69) is 19.6 Å². The molecule has 0 radical (unpaired) electrons. The highest BCUT2D eigenvalue weighted by Gasteiger charge is 2.43. The largest absolute Gasteiger partial charge is 0.355 e. The summed E-state index contributed by atoms with van der Waals surface area (Å²) in [5.41, 5.74) is 4.37. The predicted molar refractivity (Wildman–Crippen MR) is 50.5 cm³/mol. The van der Waals surface area contributed by atoms with Crippen molar-refractivity contribution >= 4 is 0 Å². The molecule has 0 amide bonds. The summed E-state index contributed by atoms with van der Waals surface area (Å²) in [5.74, 6) is 3.81. The van der Waals surface area contributed by atoms with E-state index in [9.17, 15) is 0 Å². The van der Waals surface area contributed by atoms with Crippen molar-refractivity contribution in [1.82, 2.24) is 0 Å². The van der Waals surface area contributed by atoms with Crippen LogP contribution in [0.4, 0.5) is 0 Å². The Kier molecular flexibility index (Phi) is 2.16. The van der Waals surface area contributed by atoms with Gasteiger partial charge in [0.05, 0.1) is 6.04 Å². The molecule has 0 heterocycles. The van der Waals surface area contributed by atoms with Gasteiger partial charge in [0.1, 0.15) is 0 Å². The molecule has 1 heteroatoms. The van der Waals surface area contributed by atoms with E-state index in [-0.39, 0.29) is 0 Å². The number of hydrogen-bond donors (Lipinski definition) is 1. The van der Waals surface area contributed by atoms with E-state index >= 15 is 0 Å². The van der Waals surface area contributed by atoms with Crippen LogP contribution >= 0.6 is 0 Å². The fraction of sp³-hybridized carbons (Fsp3) is 1.00. The summed E-state index contributed by atoms with van der Waals surface area (Å²) in [6.45, 7) is 4.81. The molecule has 2 aliphatic carbocycles. The quantitative estimate of drug-likeness (QED) is 0.570. The topological polar surface area (TPSA) is 27.6 Å². The first kappa shape index (κ1) is 8.55. The molecule has 2 rings (SSSR count). The van der Waals surface area contributed by atoms with Gasteiger partial charge in [-0.15, -0.1) is 0 Å². The highest BCUT2D eigenvalue weighted by molar-refractivity contribution is 4.91. The highest BCUT2D eigenvalue weighted by Crippen LogP contribution is 2.45. The third-order valence-electron chi connectivity index (χ3n) is 4.52. The summed E-state index contributed by atoms with van der Waals surface area (Å²) < 4.78 is 0. The van der Waals surface area contributed by atoms with Gasteiger partial charge in [0.15, 0.2) is 0 Å². The van der Waals surface area contributed by atoms with Crippen LogP contribution in [0.5, 0.6) is 0 Å². The highest BCUT2D eigenvalue weighted by atomic mass is 14.7. The third kappa shape index (κ3) is 1.19. The summed E-state index contributed by atoms with van der Waals surface area (Å²) in [6, 6.07) is 0.751. The Morgan fingerprint density at radius 2 is 1.92 bits per heavy atom. The monoisotopic (exact) mass is 168 g/mol. The Hall–Kier alpha value is -0.0400. The molecule has 70 valence electrons. The van der Waals surface area contributed by atoms with E-state index in [1.54, 1.807) is 0 Å². The first-order valence-corrected chi connectivity index (χ1v) is 5.53. The smallest absolute Gasteiger partial charge is 0.0903 e. The van der Waals surface area contributed by atoms with Crippen molar-refractivity contribution in [1.29, 1.82) is 0 Å². The lowest BCUT2D eigenvalue weighted by molar-refractivity contribution is -0.455. The Balaban J connectivity index is 2.10. The number of quaternary nitrogens is 1. The lowest BCUT2D eigenvalue weighted by Crippen LogP contribution is -2.70. The van der Waals surface area contributed by atoms with Gasteiger partial charge in [-0.25, -0.2) is 0 Å². The zero-order valence-electron chi connectivity index (χ0n) is 8.42. The molecule has 0 aromatic carbocycles. The standard InChI is InChI=1S/C11H21N/c1-7-6-9-4-3-5-10(9)11(12)8(7)2/h7-11H,3-6,12H2,1-2H3/p+1. The van der Waals surface area contributed by atoms with E-state index in [0.717, 1.165) is 29.7 Å². The van der Waals surface area contributed by atoms with Gasteiger partial charge >= 0.3 is 0 Å². The Morgan fingerprint density at radius 3 is 2.67 bits per heavy atom. The first-order valence-electron chi connectivity index (χ1n) is 5.53. The van der Waals surface area contributed by atoms with Crippen molar-refractivity contribution in [2.45, 2.75) is 45.6 Å². The Morgan fingerprint density at radius 1 is 1.17 bits per heavy atom. The van der Waals surface area contributed by atoms with Crippen LogP contribution in [0, 0.1) is 23.7 Å². The maximum Gasteiger partial charge on any atom is 0.0903 e. The van der Waals surface area contributed by atoms with Crippen molar-refractivity contribution in [2.75, 3.05) is 0 Å². The summed E-state index contributed by atoms with van der Waals surface area (Å²) >= 11 is 0. The molecule has 2 fully saturated rings. The summed E-state index contributed by atoms with van der Waals surface area (Å²) in [6.07, 6.45) is 5.92. The molecule has 5 unspecified atom stereocenters. The van der Waals surface area contributed by atoms with Crippen molar-refractivity contribution in [3.8, 4) is 0 Å². The van der Waals surface area contributed by atoms with Gasteiger partial charge in [0, 0.05) is 11.8 Å². The van der Waals surface area contributed by atoms with Crippen LogP contribution in [0.3, 0.4) is 0 Å². The third-order valence-corrected chi connectivity index (χ3v) is 4.52. The van der Waals surface area contributed by atoms with E-state index < -0.39 is 0 Å². The average molecular weight is 168 g/mol. The minimum absolute atomic E-state index is 0.751. The zero-order valence-corrected chi connectivity index (χ0v) is 8.42. The van der Waals surface area contributed by atoms with Crippen LogP contribution in [0.2, 0.25) is 0 Å². The second-order valence-corrected chi connectivity index (χ2v) is 5.09. The molecular formula is C11H22N+. The Labute approximate surface area is 75.7 Å². The lowest BCUT2D eigenvalue weighted by Gasteiger charge is -2.38. The van der Waals surface area contributed by atoms with Gasteiger partial charge in [-0.05, 0) is 31.1 Å². The number of fused-ring (bicyclic) bond motifs is 1. The van der Waals surface area contributed by atoms with E-state index in [0.29, 0.717) is 0 Å². The van der Waals surface area contributed by atoms with Crippen LogP contribution in [-0.4, -0.2) is 6.04 Å². The molecule has 3 N–H and O–H groups in total. The molecule has 12 heavy (non-hydrogen) atoms. The van der Waals surface area contributed by atoms with Gasteiger partial charge in [-0.1, -0.05) is 20.3 Å². The van der Waals surface area contributed by atoms with E-state index in [4.69, 9.17) is 0 Å². The van der Waals surface area contributed by atoms with Crippen LogP contribution < -0.4 is 5.73 Å². The molecule has 0 aromatic heterocycles. The van der Waals surface area contributed by atoms with Gasteiger partial charge in [0.2, 0.25) is 0 Å². The molecule has 1 nitrogen and oxygen atoms in total. The molecular weight excluding hydrogens is 146 g/mol.